The number of hydrogen-bond acceptors (Lipinski definition) is 7. The fraction of sp³-hybridized carbons (Fsp3) is 0.167. The zero-order valence-electron chi connectivity index (χ0n) is 18.6. The van der Waals surface area contributed by atoms with Crippen LogP contribution in [0.25, 0.3) is 16.8 Å². The molecule has 1 aliphatic rings. The van der Waals surface area contributed by atoms with Crippen LogP contribution in [-0.4, -0.2) is 60.6 Å². The number of carbonyl (C=O) groups excluding carboxylic acids is 2. The van der Waals surface area contributed by atoms with Crippen molar-refractivity contribution in [2.75, 3.05) is 23.7 Å². The van der Waals surface area contributed by atoms with Gasteiger partial charge in [-0.3, -0.25) is 14.7 Å². The third-order valence-electron chi connectivity index (χ3n) is 5.81. The number of likely N-dealkylation sites (tertiary alicyclic amines) is 1. The Hall–Kier alpha value is -4.98. The Labute approximate surface area is 200 Å². The van der Waals surface area contributed by atoms with Gasteiger partial charge in [-0.15, -0.1) is 5.10 Å². The fourth-order valence-electron chi connectivity index (χ4n) is 4.06. The standard InChI is InChI=1S/C24H21N9O2/c1-2-22(34)28-17-5-3-15(4-6-17)23(35)32-10-9-18(14-32)29-24-30-21-8-7-19(16-12-26-27-13-16)20(11-25)33(21)31-24/h2-8,12-13,18H,1,9-10,14H2,(H,26,27)(H,28,34)(H,29,31). The van der Waals surface area contributed by atoms with E-state index in [1.54, 1.807) is 47.6 Å². The van der Waals surface area contributed by atoms with Gasteiger partial charge in [0, 0.05) is 47.7 Å². The molecule has 3 N–H and O–H groups in total. The number of aromatic nitrogens is 5. The third-order valence-corrected chi connectivity index (χ3v) is 5.81. The first-order valence-electron chi connectivity index (χ1n) is 10.9. The highest BCUT2D eigenvalue weighted by atomic mass is 16.2. The molecule has 0 saturated carbocycles. The molecule has 1 fully saturated rings. The van der Waals surface area contributed by atoms with Gasteiger partial charge in [-0.25, -0.2) is 4.52 Å². The summed E-state index contributed by atoms with van der Waals surface area (Å²) in [5, 5.41) is 26.9. The molecule has 11 heteroatoms. The highest BCUT2D eigenvalue weighted by molar-refractivity contribution is 5.99. The summed E-state index contributed by atoms with van der Waals surface area (Å²) in [6.07, 6.45) is 5.29. The Bertz CT molecular complexity index is 1450. The van der Waals surface area contributed by atoms with E-state index in [1.807, 2.05) is 6.07 Å². The predicted octanol–water partition coefficient (Wildman–Crippen LogP) is 2.44. The molecule has 1 unspecified atom stereocenters. The molecule has 1 aromatic carbocycles. The van der Waals surface area contributed by atoms with Crippen LogP contribution >= 0.6 is 0 Å². The molecule has 0 aliphatic carbocycles. The van der Waals surface area contributed by atoms with Gasteiger partial charge < -0.3 is 15.5 Å². The van der Waals surface area contributed by atoms with Gasteiger partial charge in [0.05, 0.1) is 6.20 Å². The van der Waals surface area contributed by atoms with Crippen LogP contribution in [0.3, 0.4) is 0 Å². The normalized spacial score (nSPS) is 15.1. The van der Waals surface area contributed by atoms with Crippen molar-refractivity contribution in [1.82, 2.24) is 29.7 Å². The van der Waals surface area contributed by atoms with Crippen molar-refractivity contribution < 1.29 is 9.59 Å². The van der Waals surface area contributed by atoms with Crippen LogP contribution in [0.4, 0.5) is 11.6 Å². The maximum Gasteiger partial charge on any atom is 0.253 e. The number of nitrogens with zero attached hydrogens (tertiary/aromatic N) is 6. The molecule has 35 heavy (non-hydrogen) atoms. The molecular weight excluding hydrogens is 446 g/mol. The van der Waals surface area contributed by atoms with Crippen molar-refractivity contribution in [3.8, 4) is 17.2 Å². The van der Waals surface area contributed by atoms with Crippen LogP contribution in [0.15, 0.2) is 61.4 Å². The second-order valence-electron chi connectivity index (χ2n) is 8.05. The monoisotopic (exact) mass is 467 g/mol. The quantitative estimate of drug-likeness (QED) is 0.369. The van der Waals surface area contributed by atoms with Crippen LogP contribution < -0.4 is 10.6 Å². The van der Waals surface area contributed by atoms with Gasteiger partial charge in [0.25, 0.3) is 5.91 Å². The number of H-pyrrole nitrogens is 1. The van der Waals surface area contributed by atoms with Crippen LogP contribution in [0.1, 0.15) is 22.5 Å². The lowest BCUT2D eigenvalue weighted by Crippen LogP contribution is -2.31. The number of carbonyl (C=O) groups is 2. The highest BCUT2D eigenvalue weighted by Gasteiger charge is 2.28. The summed E-state index contributed by atoms with van der Waals surface area (Å²) in [5.74, 6) is 0.000479. The lowest BCUT2D eigenvalue weighted by Gasteiger charge is -2.17. The number of amides is 2. The Morgan fingerprint density at radius 3 is 2.77 bits per heavy atom. The number of anilines is 2. The average molecular weight is 467 g/mol. The highest BCUT2D eigenvalue weighted by Crippen LogP contribution is 2.24. The number of nitrogens with one attached hydrogen (secondary N) is 3. The molecule has 174 valence electrons. The van der Waals surface area contributed by atoms with E-state index in [-0.39, 0.29) is 17.9 Å². The van der Waals surface area contributed by atoms with Crippen LogP contribution in [-0.2, 0) is 4.79 Å². The molecule has 0 bridgehead atoms. The maximum absolute atomic E-state index is 12.9. The third kappa shape index (κ3) is 4.32. The molecule has 1 saturated heterocycles. The molecular formula is C24H21N9O2. The predicted molar refractivity (Wildman–Crippen MR) is 128 cm³/mol. The molecule has 1 atom stereocenters. The number of aromatic amines is 1. The Morgan fingerprint density at radius 2 is 2.06 bits per heavy atom. The minimum absolute atomic E-state index is 0.0265. The topological polar surface area (TPSA) is 144 Å². The molecule has 5 rings (SSSR count). The summed E-state index contributed by atoms with van der Waals surface area (Å²) in [6, 6.07) is 12.5. The smallest absolute Gasteiger partial charge is 0.253 e. The summed E-state index contributed by atoms with van der Waals surface area (Å²) in [5.41, 5.74) is 3.54. The van der Waals surface area contributed by atoms with E-state index in [2.05, 4.69) is 43.6 Å². The van der Waals surface area contributed by atoms with E-state index < -0.39 is 0 Å². The Morgan fingerprint density at radius 1 is 1.23 bits per heavy atom. The average Bonchev–Trinajstić information content (AvgIpc) is 3.64. The summed E-state index contributed by atoms with van der Waals surface area (Å²) >= 11 is 0. The molecule has 3 aromatic heterocycles. The van der Waals surface area contributed by atoms with Crippen LogP contribution in [0.2, 0.25) is 0 Å². The summed E-state index contributed by atoms with van der Waals surface area (Å²) in [6.45, 7) is 4.51. The minimum Gasteiger partial charge on any atom is -0.348 e. The van der Waals surface area contributed by atoms with E-state index in [0.717, 1.165) is 12.0 Å². The van der Waals surface area contributed by atoms with Gasteiger partial charge in [-0.1, -0.05) is 6.58 Å². The van der Waals surface area contributed by atoms with Gasteiger partial charge in [0.2, 0.25) is 11.9 Å². The van der Waals surface area contributed by atoms with Gasteiger partial charge in [-0.2, -0.15) is 15.3 Å². The molecule has 2 amide bonds. The van der Waals surface area contributed by atoms with Crippen molar-refractivity contribution in [2.24, 2.45) is 0 Å². The molecule has 4 aromatic rings. The minimum atomic E-state index is -0.308. The van der Waals surface area contributed by atoms with Crippen molar-refractivity contribution >= 4 is 29.1 Å². The van der Waals surface area contributed by atoms with E-state index in [1.165, 1.54) is 10.6 Å². The summed E-state index contributed by atoms with van der Waals surface area (Å²) in [4.78, 5) is 30.6. The molecule has 11 nitrogen and oxygen atoms in total. The fourth-order valence-corrected chi connectivity index (χ4v) is 4.06. The number of fused-ring (bicyclic) bond motifs is 1. The lowest BCUT2D eigenvalue weighted by atomic mass is 10.1. The van der Waals surface area contributed by atoms with Crippen molar-refractivity contribution in [3.05, 3.63) is 72.7 Å². The van der Waals surface area contributed by atoms with Crippen molar-refractivity contribution in [3.63, 3.8) is 0 Å². The van der Waals surface area contributed by atoms with E-state index in [0.29, 0.717) is 47.2 Å². The summed E-state index contributed by atoms with van der Waals surface area (Å²) in [7, 11) is 0. The molecule has 0 spiro atoms. The van der Waals surface area contributed by atoms with Crippen molar-refractivity contribution in [1.29, 1.82) is 5.26 Å². The SMILES string of the molecule is C=CC(=O)Nc1ccc(C(=O)N2CCC(Nc3nc4ccc(-c5cn[nH]c5)c(C#N)n4n3)C2)cc1. The van der Waals surface area contributed by atoms with E-state index in [4.69, 9.17) is 0 Å². The number of pyridine rings is 1. The van der Waals surface area contributed by atoms with E-state index in [9.17, 15) is 14.9 Å². The first-order chi connectivity index (χ1) is 17.1. The number of nitriles is 1. The zero-order valence-corrected chi connectivity index (χ0v) is 18.6. The van der Waals surface area contributed by atoms with Gasteiger partial charge in [-0.05, 0) is 48.9 Å². The molecule has 0 radical (unpaired) electrons. The summed E-state index contributed by atoms with van der Waals surface area (Å²) < 4.78 is 1.51. The van der Waals surface area contributed by atoms with Crippen LogP contribution in [0, 0.1) is 11.3 Å². The Balaban J connectivity index is 1.27. The van der Waals surface area contributed by atoms with Gasteiger partial charge in [0.15, 0.2) is 11.3 Å². The second-order valence-corrected chi connectivity index (χ2v) is 8.05. The molecule has 4 heterocycles. The maximum atomic E-state index is 12.9. The van der Waals surface area contributed by atoms with E-state index >= 15 is 0 Å². The lowest BCUT2D eigenvalue weighted by molar-refractivity contribution is -0.111. The van der Waals surface area contributed by atoms with Gasteiger partial charge >= 0.3 is 0 Å². The first kappa shape index (κ1) is 21.8. The Kier molecular flexibility index (Phi) is 5.68. The molecule has 1 aliphatic heterocycles. The van der Waals surface area contributed by atoms with Gasteiger partial charge in [0.1, 0.15) is 6.07 Å². The number of rotatable bonds is 6. The number of hydrogen-bond donors (Lipinski definition) is 3. The zero-order chi connectivity index (χ0) is 24.4. The van der Waals surface area contributed by atoms with Crippen LogP contribution in [0.5, 0.6) is 0 Å². The number of benzene rings is 1. The largest absolute Gasteiger partial charge is 0.348 e. The van der Waals surface area contributed by atoms with Crippen molar-refractivity contribution in [2.45, 2.75) is 12.5 Å². The first-order valence-corrected chi connectivity index (χ1v) is 10.9. The second kappa shape index (κ2) is 9.11.